The van der Waals surface area contributed by atoms with Crippen molar-refractivity contribution in [1.82, 2.24) is 0 Å². The lowest BCUT2D eigenvalue weighted by Gasteiger charge is -2.10. The van der Waals surface area contributed by atoms with E-state index in [1.807, 2.05) is 13.8 Å². The zero-order valence-electron chi connectivity index (χ0n) is 6.50. The molecule has 0 aliphatic carbocycles. The topological polar surface area (TPSA) is 31.0 Å². The zero-order valence-corrected chi connectivity index (χ0v) is 6.50. The zero-order chi connectivity index (χ0) is 7.40. The molecule has 0 radical (unpaired) electrons. The Morgan fingerprint density at radius 3 is 2.80 bits per heavy atom. The molecular formula is C7H14O3. The highest BCUT2D eigenvalue weighted by molar-refractivity contribution is 4.67. The second-order valence-corrected chi connectivity index (χ2v) is 2.31. The average molecular weight is 146 g/mol. The fraction of sp³-hybridized carbons (Fsp3) is 1.00. The third-order valence-electron chi connectivity index (χ3n) is 1.32. The van der Waals surface area contributed by atoms with Crippen LogP contribution < -0.4 is 0 Å². The normalized spacial score (nSPS) is 26.4. The van der Waals surface area contributed by atoms with Crippen LogP contribution in [0.3, 0.4) is 0 Å². The van der Waals surface area contributed by atoms with Crippen LogP contribution in [0, 0.1) is 0 Å². The first kappa shape index (κ1) is 7.98. The summed E-state index contributed by atoms with van der Waals surface area (Å²) in [5.41, 5.74) is 0. The quantitative estimate of drug-likeness (QED) is 0.424. The third-order valence-corrected chi connectivity index (χ3v) is 1.32. The highest BCUT2D eigenvalue weighted by Gasteiger charge is 2.23. The highest BCUT2D eigenvalue weighted by atomic mass is 16.7. The molecule has 1 heterocycles. The molecular weight excluding hydrogens is 132 g/mol. The van der Waals surface area contributed by atoms with Crippen LogP contribution in [0.5, 0.6) is 0 Å². The molecule has 0 amide bonds. The SMILES string of the molecule is CCO[C@H](C)OC[C@@H]1CO1. The molecule has 1 aliphatic heterocycles. The van der Waals surface area contributed by atoms with Crippen molar-refractivity contribution in [2.45, 2.75) is 26.2 Å². The van der Waals surface area contributed by atoms with E-state index in [1.165, 1.54) is 0 Å². The van der Waals surface area contributed by atoms with Crippen LogP contribution in [0.15, 0.2) is 0 Å². The monoisotopic (exact) mass is 146 g/mol. The van der Waals surface area contributed by atoms with Gasteiger partial charge in [-0.15, -0.1) is 0 Å². The molecule has 2 atom stereocenters. The molecule has 0 unspecified atom stereocenters. The summed E-state index contributed by atoms with van der Waals surface area (Å²) in [5.74, 6) is 0. The summed E-state index contributed by atoms with van der Waals surface area (Å²) in [6.07, 6.45) is 0.247. The number of rotatable bonds is 5. The lowest BCUT2D eigenvalue weighted by atomic mass is 10.5. The van der Waals surface area contributed by atoms with Crippen molar-refractivity contribution in [3.8, 4) is 0 Å². The molecule has 0 aromatic rings. The first-order chi connectivity index (χ1) is 4.83. The molecule has 0 N–H and O–H groups in total. The van der Waals surface area contributed by atoms with Crippen LogP contribution in [0.1, 0.15) is 13.8 Å². The average Bonchev–Trinajstić information content (AvgIpc) is 2.67. The molecule has 3 heteroatoms. The second kappa shape index (κ2) is 3.91. The molecule has 1 fully saturated rings. The van der Waals surface area contributed by atoms with E-state index in [2.05, 4.69) is 0 Å². The molecule has 0 aromatic heterocycles. The van der Waals surface area contributed by atoms with Gasteiger partial charge < -0.3 is 14.2 Å². The lowest BCUT2D eigenvalue weighted by Crippen LogP contribution is -2.15. The summed E-state index contributed by atoms with van der Waals surface area (Å²) in [7, 11) is 0. The summed E-state index contributed by atoms with van der Waals surface area (Å²) in [6.45, 7) is 6.06. The van der Waals surface area contributed by atoms with Gasteiger partial charge in [-0.2, -0.15) is 0 Å². The standard InChI is InChI=1S/C7H14O3/c1-3-8-6(2)9-4-7-5-10-7/h6-7H,3-5H2,1-2H3/t6-,7+/m0/s1. The number of hydrogen-bond donors (Lipinski definition) is 0. The summed E-state index contributed by atoms with van der Waals surface area (Å²) in [6, 6.07) is 0. The predicted molar refractivity (Wildman–Crippen MR) is 36.8 cm³/mol. The Morgan fingerprint density at radius 2 is 2.30 bits per heavy atom. The number of epoxide rings is 1. The number of ether oxygens (including phenoxy) is 3. The van der Waals surface area contributed by atoms with Crippen molar-refractivity contribution in [2.75, 3.05) is 19.8 Å². The van der Waals surface area contributed by atoms with Gasteiger partial charge in [0.25, 0.3) is 0 Å². The molecule has 0 saturated carbocycles. The molecule has 60 valence electrons. The largest absolute Gasteiger partial charge is 0.371 e. The minimum absolute atomic E-state index is 0.0887. The number of hydrogen-bond acceptors (Lipinski definition) is 3. The summed E-state index contributed by atoms with van der Waals surface area (Å²) >= 11 is 0. The summed E-state index contributed by atoms with van der Waals surface area (Å²) < 4.78 is 15.4. The predicted octanol–water partition coefficient (Wildman–Crippen LogP) is 0.784. The van der Waals surface area contributed by atoms with Crippen molar-refractivity contribution >= 4 is 0 Å². The van der Waals surface area contributed by atoms with Gasteiger partial charge in [-0.1, -0.05) is 0 Å². The molecule has 10 heavy (non-hydrogen) atoms. The molecule has 1 rings (SSSR count). The van der Waals surface area contributed by atoms with Crippen LogP contribution in [-0.2, 0) is 14.2 Å². The molecule has 1 saturated heterocycles. The van der Waals surface area contributed by atoms with Crippen LogP contribution in [0.25, 0.3) is 0 Å². The minimum Gasteiger partial charge on any atom is -0.371 e. The molecule has 0 spiro atoms. The van der Waals surface area contributed by atoms with Crippen LogP contribution in [-0.4, -0.2) is 32.2 Å². The lowest BCUT2D eigenvalue weighted by molar-refractivity contribution is -0.129. The van der Waals surface area contributed by atoms with Gasteiger partial charge in [0.15, 0.2) is 6.29 Å². The second-order valence-electron chi connectivity index (χ2n) is 2.31. The maximum atomic E-state index is 5.26. The van der Waals surface area contributed by atoms with Crippen molar-refractivity contribution in [1.29, 1.82) is 0 Å². The first-order valence-corrected chi connectivity index (χ1v) is 3.67. The van der Waals surface area contributed by atoms with Crippen LogP contribution >= 0.6 is 0 Å². The van der Waals surface area contributed by atoms with Gasteiger partial charge in [0.1, 0.15) is 6.10 Å². The Kier molecular flexibility index (Phi) is 3.12. The van der Waals surface area contributed by atoms with Gasteiger partial charge in [0.2, 0.25) is 0 Å². The van der Waals surface area contributed by atoms with Crippen molar-refractivity contribution in [2.24, 2.45) is 0 Å². The van der Waals surface area contributed by atoms with E-state index < -0.39 is 0 Å². The van der Waals surface area contributed by atoms with Gasteiger partial charge in [-0.05, 0) is 13.8 Å². The van der Waals surface area contributed by atoms with E-state index in [0.717, 1.165) is 6.61 Å². The molecule has 3 nitrogen and oxygen atoms in total. The Labute approximate surface area is 61.3 Å². The maximum absolute atomic E-state index is 5.26. The van der Waals surface area contributed by atoms with Crippen molar-refractivity contribution in [3.05, 3.63) is 0 Å². The Morgan fingerprint density at radius 1 is 1.60 bits per heavy atom. The van der Waals surface area contributed by atoms with Gasteiger partial charge >= 0.3 is 0 Å². The third kappa shape index (κ3) is 3.15. The Hall–Kier alpha value is -0.120. The fourth-order valence-electron chi connectivity index (χ4n) is 0.690. The van der Waals surface area contributed by atoms with E-state index in [9.17, 15) is 0 Å². The van der Waals surface area contributed by atoms with E-state index in [0.29, 0.717) is 19.3 Å². The molecule has 0 bridgehead atoms. The first-order valence-electron chi connectivity index (χ1n) is 3.67. The van der Waals surface area contributed by atoms with Crippen molar-refractivity contribution in [3.63, 3.8) is 0 Å². The summed E-state index contributed by atoms with van der Waals surface area (Å²) in [4.78, 5) is 0. The fourth-order valence-corrected chi connectivity index (χ4v) is 0.690. The van der Waals surface area contributed by atoms with Gasteiger partial charge in [0.05, 0.1) is 13.2 Å². The molecule has 1 aliphatic rings. The smallest absolute Gasteiger partial charge is 0.154 e. The van der Waals surface area contributed by atoms with E-state index in [-0.39, 0.29) is 6.29 Å². The summed E-state index contributed by atoms with van der Waals surface area (Å²) in [5, 5.41) is 0. The van der Waals surface area contributed by atoms with Crippen LogP contribution in [0.2, 0.25) is 0 Å². The highest BCUT2D eigenvalue weighted by Crippen LogP contribution is 2.09. The van der Waals surface area contributed by atoms with Crippen LogP contribution in [0.4, 0.5) is 0 Å². The van der Waals surface area contributed by atoms with E-state index in [1.54, 1.807) is 0 Å². The van der Waals surface area contributed by atoms with Gasteiger partial charge in [0, 0.05) is 6.61 Å². The Balaban J connectivity index is 1.89. The van der Waals surface area contributed by atoms with Gasteiger partial charge in [-0.3, -0.25) is 0 Å². The van der Waals surface area contributed by atoms with Gasteiger partial charge in [-0.25, -0.2) is 0 Å². The van der Waals surface area contributed by atoms with Crippen molar-refractivity contribution < 1.29 is 14.2 Å². The molecule has 0 aromatic carbocycles. The van der Waals surface area contributed by atoms with E-state index >= 15 is 0 Å². The maximum Gasteiger partial charge on any atom is 0.154 e. The van der Waals surface area contributed by atoms with E-state index in [4.69, 9.17) is 14.2 Å². The Bertz CT molecular complexity index is 90.9. The minimum atomic E-state index is -0.0887.